The van der Waals surface area contributed by atoms with E-state index < -0.39 is 35.9 Å². The van der Waals surface area contributed by atoms with Gasteiger partial charge in [0.05, 0.1) is 12.4 Å². The Labute approximate surface area is 134 Å². The number of amides is 2. The molecule has 0 saturated heterocycles. The molecule has 3 atom stereocenters. The van der Waals surface area contributed by atoms with Gasteiger partial charge in [0.15, 0.2) is 0 Å². The lowest BCUT2D eigenvalue weighted by Gasteiger charge is -2.21. The molecule has 6 N–H and O–H groups in total. The van der Waals surface area contributed by atoms with Crippen LogP contribution >= 0.6 is 0 Å². The van der Waals surface area contributed by atoms with Crippen LogP contribution in [0.3, 0.4) is 0 Å². The molecule has 9 heteroatoms. The SMILES string of the molecule is CC(NC(=O)C(N)C(C)C)C(=O)NC(Cc1cnc[nH]1)C(=O)O. The number of nitrogens with zero attached hydrogens (tertiary/aromatic N) is 1. The molecular weight excluding hydrogens is 302 g/mol. The molecule has 3 unspecified atom stereocenters. The van der Waals surface area contributed by atoms with Crippen molar-refractivity contribution < 1.29 is 19.5 Å². The van der Waals surface area contributed by atoms with Gasteiger partial charge in [-0.2, -0.15) is 0 Å². The minimum absolute atomic E-state index is 0.0627. The largest absolute Gasteiger partial charge is 0.480 e. The number of hydrogen-bond acceptors (Lipinski definition) is 5. The van der Waals surface area contributed by atoms with Crippen molar-refractivity contribution in [2.24, 2.45) is 11.7 Å². The highest BCUT2D eigenvalue weighted by atomic mass is 16.4. The summed E-state index contributed by atoms with van der Waals surface area (Å²) in [4.78, 5) is 41.7. The number of carbonyl (C=O) groups excluding carboxylic acids is 2. The molecule has 128 valence electrons. The smallest absolute Gasteiger partial charge is 0.326 e. The van der Waals surface area contributed by atoms with Gasteiger partial charge >= 0.3 is 5.97 Å². The third-order valence-electron chi connectivity index (χ3n) is 3.37. The molecule has 0 aliphatic carbocycles. The number of H-pyrrole nitrogens is 1. The van der Waals surface area contributed by atoms with E-state index in [1.807, 2.05) is 0 Å². The average Bonchev–Trinajstić information content (AvgIpc) is 2.98. The van der Waals surface area contributed by atoms with E-state index in [9.17, 15) is 19.5 Å². The van der Waals surface area contributed by atoms with E-state index in [-0.39, 0.29) is 12.3 Å². The molecule has 0 fully saturated rings. The average molecular weight is 325 g/mol. The first-order chi connectivity index (χ1) is 10.7. The number of aromatic amines is 1. The molecule has 0 aliphatic heterocycles. The van der Waals surface area contributed by atoms with E-state index in [0.29, 0.717) is 5.69 Å². The zero-order valence-corrected chi connectivity index (χ0v) is 13.4. The van der Waals surface area contributed by atoms with Gasteiger partial charge in [0, 0.05) is 18.3 Å². The zero-order chi connectivity index (χ0) is 17.6. The molecule has 0 aromatic carbocycles. The van der Waals surface area contributed by atoms with Crippen LogP contribution in [0.25, 0.3) is 0 Å². The fourth-order valence-electron chi connectivity index (χ4n) is 1.79. The predicted molar refractivity (Wildman–Crippen MR) is 82.3 cm³/mol. The first-order valence-corrected chi connectivity index (χ1v) is 7.28. The molecule has 23 heavy (non-hydrogen) atoms. The summed E-state index contributed by atoms with van der Waals surface area (Å²) in [5, 5.41) is 14.1. The van der Waals surface area contributed by atoms with E-state index in [0.717, 1.165) is 0 Å². The fraction of sp³-hybridized carbons (Fsp3) is 0.571. The summed E-state index contributed by atoms with van der Waals surface area (Å²) in [5.74, 6) is -2.30. The van der Waals surface area contributed by atoms with Crippen LogP contribution in [0.2, 0.25) is 0 Å². The van der Waals surface area contributed by atoms with Gasteiger partial charge in [-0.05, 0) is 12.8 Å². The number of rotatable bonds is 8. The van der Waals surface area contributed by atoms with Gasteiger partial charge in [-0.1, -0.05) is 13.8 Å². The van der Waals surface area contributed by atoms with E-state index >= 15 is 0 Å². The lowest BCUT2D eigenvalue weighted by atomic mass is 10.0. The van der Waals surface area contributed by atoms with Crippen LogP contribution < -0.4 is 16.4 Å². The molecule has 0 radical (unpaired) electrons. The topological polar surface area (TPSA) is 150 Å². The number of nitrogens with one attached hydrogen (secondary N) is 3. The quantitative estimate of drug-likeness (QED) is 0.414. The monoisotopic (exact) mass is 325 g/mol. The van der Waals surface area contributed by atoms with Crippen LogP contribution in [-0.4, -0.2) is 51.0 Å². The number of imidazole rings is 1. The summed E-state index contributed by atoms with van der Waals surface area (Å²) in [6, 6.07) is -2.75. The summed E-state index contributed by atoms with van der Waals surface area (Å²) in [6.45, 7) is 5.05. The Morgan fingerprint density at radius 3 is 2.39 bits per heavy atom. The van der Waals surface area contributed by atoms with Crippen LogP contribution in [0.4, 0.5) is 0 Å². The number of hydrogen-bond donors (Lipinski definition) is 5. The standard InChI is InChI=1S/C14H23N5O4/c1-7(2)11(15)13(21)18-8(3)12(20)19-10(14(22)23)4-9-5-16-6-17-9/h5-8,10-11H,4,15H2,1-3H3,(H,16,17)(H,18,21)(H,19,20)(H,22,23). The van der Waals surface area contributed by atoms with Crippen LogP contribution in [0.5, 0.6) is 0 Å². The summed E-state index contributed by atoms with van der Waals surface area (Å²) >= 11 is 0. The van der Waals surface area contributed by atoms with Crippen molar-refractivity contribution in [2.45, 2.75) is 45.3 Å². The first kappa shape index (κ1) is 18.6. The van der Waals surface area contributed by atoms with Gasteiger partial charge in [0.25, 0.3) is 0 Å². The van der Waals surface area contributed by atoms with Gasteiger partial charge in [-0.3, -0.25) is 9.59 Å². The molecule has 1 rings (SSSR count). The molecule has 1 aromatic rings. The lowest BCUT2D eigenvalue weighted by Crippen LogP contribution is -2.54. The molecule has 2 amide bonds. The third-order valence-corrected chi connectivity index (χ3v) is 3.37. The molecule has 9 nitrogen and oxygen atoms in total. The highest BCUT2D eigenvalue weighted by Crippen LogP contribution is 2.01. The first-order valence-electron chi connectivity index (χ1n) is 7.28. The zero-order valence-electron chi connectivity index (χ0n) is 13.4. The van der Waals surface area contributed by atoms with Crippen molar-refractivity contribution >= 4 is 17.8 Å². The Morgan fingerprint density at radius 2 is 1.91 bits per heavy atom. The van der Waals surface area contributed by atoms with Gasteiger partial charge in [-0.15, -0.1) is 0 Å². The van der Waals surface area contributed by atoms with Crippen molar-refractivity contribution in [1.29, 1.82) is 0 Å². The van der Waals surface area contributed by atoms with E-state index in [1.165, 1.54) is 19.4 Å². The van der Waals surface area contributed by atoms with Gasteiger partial charge in [-0.25, -0.2) is 9.78 Å². The predicted octanol–water partition coefficient (Wildman–Crippen LogP) is -0.990. The maximum Gasteiger partial charge on any atom is 0.326 e. The number of carboxylic acids is 1. The van der Waals surface area contributed by atoms with Crippen molar-refractivity contribution in [3.05, 3.63) is 18.2 Å². The Kier molecular flexibility index (Phi) is 6.70. The minimum atomic E-state index is -1.18. The number of carbonyl (C=O) groups is 3. The normalized spacial score (nSPS) is 14.8. The Balaban J connectivity index is 2.60. The third kappa shape index (κ3) is 5.70. The highest BCUT2D eigenvalue weighted by Gasteiger charge is 2.26. The molecule has 0 saturated carbocycles. The second kappa shape index (κ2) is 8.28. The molecule has 0 spiro atoms. The van der Waals surface area contributed by atoms with Gasteiger partial charge in [0.2, 0.25) is 11.8 Å². The summed E-state index contributed by atoms with van der Waals surface area (Å²) in [6.07, 6.45) is 2.97. The fourth-order valence-corrected chi connectivity index (χ4v) is 1.79. The number of aliphatic carboxylic acids is 1. The lowest BCUT2D eigenvalue weighted by molar-refractivity contribution is -0.142. The van der Waals surface area contributed by atoms with Crippen LogP contribution in [-0.2, 0) is 20.8 Å². The summed E-state index contributed by atoms with van der Waals surface area (Å²) < 4.78 is 0. The Morgan fingerprint density at radius 1 is 1.26 bits per heavy atom. The van der Waals surface area contributed by atoms with Crippen LogP contribution in [0.15, 0.2) is 12.5 Å². The van der Waals surface area contributed by atoms with Gasteiger partial charge < -0.3 is 26.5 Å². The van der Waals surface area contributed by atoms with E-state index in [2.05, 4.69) is 20.6 Å². The summed E-state index contributed by atoms with van der Waals surface area (Å²) in [5.41, 5.74) is 6.28. The van der Waals surface area contributed by atoms with Crippen LogP contribution in [0, 0.1) is 5.92 Å². The van der Waals surface area contributed by atoms with Crippen molar-refractivity contribution in [2.75, 3.05) is 0 Å². The molecule has 1 heterocycles. The Hall–Kier alpha value is -2.42. The number of aromatic nitrogens is 2. The maximum atomic E-state index is 12.1. The van der Waals surface area contributed by atoms with E-state index in [1.54, 1.807) is 13.8 Å². The summed E-state index contributed by atoms with van der Waals surface area (Å²) in [7, 11) is 0. The second-order valence-corrected chi connectivity index (χ2v) is 5.68. The molecular formula is C14H23N5O4. The van der Waals surface area contributed by atoms with Crippen molar-refractivity contribution in [3.63, 3.8) is 0 Å². The van der Waals surface area contributed by atoms with Crippen molar-refractivity contribution in [1.82, 2.24) is 20.6 Å². The Bertz CT molecular complexity index is 543. The molecule has 0 bridgehead atoms. The molecule has 0 aliphatic rings. The van der Waals surface area contributed by atoms with Crippen molar-refractivity contribution in [3.8, 4) is 0 Å². The highest BCUT2D eigenvalue weighted by molar-refractivity contribution is 5.91. The van der Waals surface area contributed by atoms with Gasteiger partial charge in [0.1, 0.15) is 12.1 Å². The number of nitrogens with two attached hydrogens (primary N) is 1. The number of carboxylic acid groups (broad SMARTS) is 1. The minimum Gasteiger partial charge on any atom is -0.480 e. The second-order valence-electron chi connectivity index (χ2n) is 5.68. The molecule has 1 aromatic heterocycles. The maximum absolute atomic E-state index is 12.1. The van der Waals surface area contributed by atoms with Crippen LogP contribution in [0.1, 0.15) is 26.5 Å². The van der Waals surface area contributed by atoms with E-state index in [4.69, 9.17) is 5.73 Å².